The summed E-state index contributed by atoms with van der Waals surface area (Å²) in [7, 11) is 0. The molecule has 0 saturated carbocycles. The standard InChI is InChI=1S/C22H19FN2O/c1-2-15-7-13-18(14-8-15)25-21(16-9-11-17(23)12-10-16)24-20-6-4-3-5-19(20)22(25)26/h3-14,21,24H,2H2,1H3. The molecular weight excluding hydrogens is 327 g/mol. The highest BCUT2D eigenvalue weighted by atomic mass is 19.1. The molecule has 0 aliphatic carbocycles. The van der Waals surface area contributed by atoms with Gasteiger partial charge in [0, 0.05) is 11.4 Å². The van der Waals surface area contributed by atoms with Gasteiger partial charge in [0.05, 0.1) is 5.56 Å². The second-order valence-corrected chi connectivity index (χ2v) is 6.34. The fourth-order valence-electron chi connectivity index (χ4n) is 3.29. The molecule has 1 amide bonds. The van der Waals surface area contributed by atoms with Gasteiger partial charge in [0.15, 0.2) is 0 Å². The first-order chi connectivity index (χ1) is 12.7. The normalized spacial score (nSPS) is 16.2. The summed E-state index contributed by atoms with van der Waals surface area (Å²) in [5, 5.41) is 3.42. The molecular formula is C22H19FN2O. The molecule has 1 aliphatic heterocycles. The van der Waals surface area contributed by atoms with Gasteiger partial charge in [-0.2, -0.15) is 0 Å². The zero-order valence-electron chi connectivity index (χ0n) is 14.4. The predicted octanol–water partition coefficient (Wildman–Crippen LogP) is 5.16. The molecule has 1 aliphatic rings. The van der Waals surface area contributed by atoms with Gasteiger partial charge in [-0.1, -0.05) is 43.3 Å². The molecule has 3 aromatic carbocycles. The maximum Gasteiger partial charge on any atom is 0.262 e. The third-order valence-corrected chi connectivity index (χ3v) is 4.74. The Morgan fingerprint density at radius 2 is 1.65 bits per heavy atom. The molecule has 1 N–H and O–H groups in total. The number of hydrogen-bond donors (Lipinski definition) is 1. The monoisotopic (exact) mass is 346 g/mol. The van der Waals surface area contributed by atoms with Crippen molar-refractivity contribution >= 4 is 17.3 Å². The molecule has 0 aromatic heterocycles. The highest BCUT2D eigenvalue weighted by Crippen LogP contribution is 2.36. The number of fused-ring (bicyclic) bond motifs is 1. The SMILES string of the molecule is CCc1ccc(N2C(=O)c3ccccc3NC2c2ccc(F)cc2)cc1. The van der Waals surface area contributed by atoms with Crippen LogP contribution in [0.5, 0.6) is 0 Å². The number of benzene rings is 3. The highest BCUT2D eigenvalue weighted by molar-refractivity contribution is 6.12. The molecule has 0 fully saturated rings. The second kappa shape index (κ2) is 6.64. The van der Waals surface area contributed by atoms with Gasteiger partial charge in [-0.15, -0.1) is 0 Å². The van der Waals surface area contributed by atoms with Gasteiger partial charge in [0.25, 0.3) is 5.91 Å². The average molecular weight is 346 g/mol. The zero-order valence-corrected chi connectivity index (χ0v) is 14.4. The zero-order chi connectivity index (χ0) is 18.1. The van der Waals surface area contributed by atoms with Crippen molar-refractivity contribution in [1.29, 1.82) is 0 Å². The summed E-state index contributed by atoms with van der Waals surface area (Å²) < 4.78 is 13.4. The molecule has 4 heteroatoms. The number of para-hydroxylation sites is 1. The van der Waals surface area contributed by atoms with Crippen molar-refractivity contribution < 1.29 is 9.18 Å². The smallest absolute Gasteiger partial charge is 0.262 e. The van der Waals surface area contributed by atoms with E-state index in [0.29, 0.717) is 5.56 Å². The summed E-state index contributed by atoms with van der Waals surface area (Å²) in [5.41, 5.74) is 4.26. The van der Waals surface area contributed by atoms with Gasteiger partial charge in [-0.3, -0.25) is 9.69 Å². The Hall–Kier alpha value is -3.14. The Bertz CT molecular complexity index is 935. The van der Waals surface area contributed by atoms with Crippen molar-refractivity contribution in [3.8, 4) is 0 Å². The quantitative estimate of drug-likeness (QED) is 0.710. The van der Waals surface area contributed by atoms with Crippen LogP contribution in [0.15, 0.2) is 72.8 Å². The van der Waals surface area contributed by atoms with E-state index in [0.717, 1.165) is 23.4 Å². The minimum atomic E-state index is -0.398. The number of nitrogens with zero attached hydrogens (tertiary/aromatic N) is 1. The molecule has 0 bridgehead atoms. The summed E-state index contributed by atoms with van der Waals surface area (Å²) in [6, 6.07) is 21.7. The van der Waals surface area contributed by atoms with E-state index in [1.807, 2.05) is 48.5 Å². The lowest BCUT2D eigenvalue weighted by atomic mass is 10.0. The number of hydrogen-bond acceptors (Lipinski definition) is 2. The van der Waals surface area contributed by atoms with Crippen molar-refractivity contribution in [3.63, 3.8) is 0 Å². The van der Waals surface area contributed by atoms with Gasteiger partial charge >= 0.3 is 0 Å². The number of halogens is 1. The average Bonchev–Trinajstić information content (AvgIpc) is 2.69. The number of carbonyl (C=O) groups excluding carboxylic acids is 1. The Kier molecular flexibility index (Phi) is 4.17. The largest absolute Gasteiger partial charge is 0.360 e. The molecule has 3 nitrogen and oxygen atoms in total. The van der Waals surface area contributed by atoms with E-state index in [1.165, 1.54) is 17.7 Å². The fraction of sp³-hybridized carbons (Fsp3) is 0.136. The summed E-state index contributed by atoms with van der Waals surface area (Å²) >= 11 is 0. The van der Waals surface area contributed by atoms with Crippen LogP contribution in [0.2, 0.25) is 0 Å². The summed E-state index contributed by atoms with van der Waals surface area (Å²) in [4.78, 5) is 15.0. The van der Waals surface area contributed by atoms with Crippen LogP contribution in [0, 0.1) is 5.82 Å². The van der Waals surface area contributed by atoms with E-state index in [9.17, 15) is 9.18 Å². The lowest BCUT2D eigenvalue weighted by Crippen LogP contribution is -2.43. The number of anilines is 2. The molecule has 0 spiro atoms. The van der Waals surface area contributed by atoms with Crippen LogP contribution in [-0.4, -0.2) is 5.91 Å². The number of rotatable bonds is 3. The molecule has 0 saturated heterocycles. The van der Waals surface area contributed by atoms with Crippen LogP contribution in [0.1, 0.15) is 34.6 Å². The van der Waals surface area contributed by atoms with Crippen LogP contribution in [0.25, 0.3) is 0 Å². The van der Waals surface area contributed by atoms with E-state index in [2.05, 4.69) is 12.2 Å². The van der Waals surface area contributed by atoms with E-state index < -0.39 is 6.17 Å². The van der Waals surface area contributed by atoms with E-state index in [-0.39, 0.29) is 11.7 Å². The van der Waals surface area contributed by atoms with Crippen LogP contribution < -0.4 is 10.2 Å². The van der Waals surface area contributed by atoms with Crippen molar-refractivity contribution in [2.75, 3.05) is 10.2 Å². The number of carbonyl (C=O) groups is 1. The number of aryl methyl sites for hydroxylation is 1. The van der Waals surface area contributed by atoms with Gasteiger partial charge in [-0.05, 0) is 53.9 Å². The minimum absolute atomic E-state index is 0.0714. The van der Waals surface area contributed by atoms with Crippen LogP contribution in [-0.2, 0) is 6.42 Å². The Morgan fingerprint density at radius 3 is 2.35 bits per heavy atom. The topological polar surface area (TPSA) is 32.3 Å². The molecule has 130 valence electrons. The van der Waals surface area contributed by atoms with E-state index in [1.54, 1.807) is 17.0 Å². The van der Waals surface area contributed by atoms with E-state index in [4.69, 9.17) is 0 Å². The summed E-state index contributed by atoms with van der Waals surface area (Å²) in [6.45, 7) is 2.10. The molecule has 26 heavy (non-hydrogen) atoms. The van der Waals surface area contributed by atoms with Crippen LogP contribution in [0.4, 0.5) is 15.8 Å². The van der Waals surface area contributed by atoms with Gasteiger partial charge in [-0.25, -0.2) is 4.39 Å². The Labute approximate surface area is 152 Å². The lowest BCUT2D eigenvalue weighted by Gasteiger charge is -2.38. The van der Waals surface area contributed by atoms with Crippen molar-refractivity contribution in [2.24, 2.45) is 0 Å². The van der Waals surface area contributed by atoms with Crippen LogP contribution >= 0.6 is 0 Å². The summed E-state index contributed by atoms with van der Waals surface area (Å²) in [5.74, 6) is -0.368. The molecule has 1 atom stereocenters. The Balaban J connectivity index is 1.82. The first-order valence-corrected chi connectivity index (χ1v) is 8.71. The molecule has 1 heterocycles. The maximum atomic E-state index is 13.4. The fourth-order valence-corrected chi connectivity index (χ4v) is 3.29. The van der Waals surface area contributed by atoms with Crippen LogP contribution in [0.3, 0.4) is 0 Å². The second-order valence-electron chi connectivity index (χ2n) is 6.34. The summed E-state index contributed by atoms with van der Waals surface area (Å²) in [6.07, 6.45) is 0.543. The number of nitrogens with one attached hydrogen (secondary N) is 1. The molecule has 1 unspecified atom stereocenters. The minimum Gasteiger partial charge on any atom is -0.360 e. The Morgan fingerprint density at radius 1 is 0.962 bits per heavy atom. The first kappa shape index (κ1) is 16.3. The van der Waals surface area contributed by atoms with Crippen molar-refractivity contribution in [3.05, 3.63) is 95.3 Å². The lowest BCUT2D eigenvalue weighted by molar-refractivity contribution is 0.0975. The van der Waals surface area contributed by atoms with Crippen molar-refractivity contribution in [2.45, 2.75) is 19.5 Å². The highest BCUT2D eigenvalue weighted by Gasteiger charge is 2.33. The maximum absolute atomic E-state index is 13.4. The van der Waals surface area contributed by atoms with Crippen molar-refractivity contribution in [1.82, 2.24) is 0 Å². The predicted molar refractivity (Wildman–Crippen MR) is 102 cm³/mol. The van der Waals surface area contributed by atoms with Gasteiger partial charge < -0.3 is 5.32 Å². The molecule has 0 radical (unpaired) electrons. The molecule has 4 rings (SSSR count). The third-order valence-electron chi connectivity index (χ3n) is 4.74. The number of amides is 1. The van der Waals surface area contributed by atoms with Gasteiger partial charge in [0.1, 0.15) is 12.0 Å². The van der Waals surface area contributed by atoms with E-state index >= 15 is 0 Å². The third kappa shape index (κ3) is 2.84. The molecule has 3 aromatic rings. The van der Waals surface area contributed by atoms with Gasteiger partial charge in [0.2, 0.25) is 0 Å². The first-order valence-electron chi connectivity index (χ1n) is 8.71.